The van der Waals surface area contributed by atoms with Crippen molar-refractivity contribution in [3.63, 3.8) is 0 Å². The number of hydrogen-bond donors (Lipinski definition) is 1. The van der Waals surface area contributed by atoms with Crippen molar-refractivity contribution >= 4 is 0 Å². The zero-order valence-corrected chi connectivity index (χ0v) is 9.11. The molecule has 1 heterocycles. The van der Waals surface area contributed by atoms with E-state index in [1.165, 1.54) is 51.7 Å². The minimum Gasteiger partial charge on any atom is -1.00 e. The van der Waals surface area contributed by atoms with Crippen LogP contribution in [0.4, 0.5) is 0 Å². The second-order valence-corrected chi connectivity index (χ2v) is 4.25. The molecule has 1 N–H and O–H groups in total. The molecule has 0 saturated carbocycles. The maximum Gasteiger partial charge on any atom is 0.0801 e. The Labute approximate surface area is 81.9 Å². The molecule has 1 nitrogen and oxygen atoms in total. The molecular formula is C11H24FN. The molecule has 2 unspecified atom stereocenters. The Bertz CT molecular complexity index is 117. The summed E-state index contributed by atoms with van der Waals surface area (Å²) in [6.45, 7) is 8.91. The van der Waals surface area contributed by atoms with Crippen LogP contribution in [0.5, 0.6) is 0 Å². The Kier molecular flexibility index (Phi) is 7.25. The summed E-state index contributed by atoms with van der Waals surface area (Å²) in [7, 11) is 0. The van der Waals surface area contributed by atoms with Crippen molar-refractivity contribution in [2.24, 2.45) is 5.92 Å². The van der Waals surface area contributed by atoms with Crippen LogP contribution in [0.3, 0.4) is 0 Å². The number of rotatable bonds is 5. The molecule has 2 heteroatoms. The van der Waals surface area contributed by atoms with E-state index < -0.39 is 0 Å². The van der Waals surface area contributed by atoms with E-state index in [1.807, 2.05) is 4.90 Å². The van der Waals surface area contributed by atoms with Gasteiger partial charge in [0.05, 0.1) is 19.6 Å². The van der Waals surface area contributed by atoms with Gasteiger partial charge in [0, 0.05) is 12.3 Å². The first-order valence-electron chi connectivity index (χ1n) is 5.70. The van der Waals surface area contributed by atoms with Crippen LogP contribution >= 0.6 is 0 Å². The number of unbranched alkanes of at least 4 members (excludes halogenated alkanes) is 1. The van der Waals surface area contributed by atoms with E-state index in [-0.39, 0.29) is 4.70 Å². The van der Waals surface area contributed by atoms with Gasteiger partial charge in [-0.15, -0.1) is 0 Å². The van der Waals surface area contributed by atoms with Crippen molar-refractivity contribution in [2.45, 2.75) is 46.0 Å². The van der Waals surface area contributed by atoms with Crippen LogP contribution in [0.2, 0.25) is 0 Å². The number of likely N-dealkylation sites (tertiary alicyclic amines) is 1. The third-order valence-electron chi connectivity index (χ3n) is 3.05. The molecule has 0 aromatic carbocycles. The van der Waals surface area contributed by atoms with Gasteiger partial charge >= 0.3 is 0 Å². The van der Waals surface area contributed by atoms with Gasteiger partial charge in [-0.2, -0.15) is 0 Å². The summed E-state index contributed by atoms with van der Waals surface area (Å²) in [5, 5.41) is 0. The first kappa shape index (κ1) is 12.9. The fraction of sp³-hybridized carbons (Fsp3) is 1.00. The molecule has 0 aromatic heterocycles. The van der Waals surface area contributed by atoms with Gasteiger partial charge in [0.25, 0.3) is 0 Å². The zero-order chi connectivity index (χ0) is 8.81. The highest BCUT2D eigenvalue weighted by Gasteiger charge is 2.24. The van der Waals surface area contributed by atoms with E-state index >= 15 is 0 Å². The van der Waals surface area contributed by atoms with Gasteiger partial charge in [0.1, 0.15) is 0 Å². The van der Waals surface area contributed by atoms with Gasteiger partial charge in [0.15, 0.2) is 0 Å². The van der Waals surface area contributed by atoms with Gasteiger partial charge in [-0.25, -0.2) is 0 Å². The Morgan fingerprint density at radius 1 is 1.23 bits per heavy atom. The van der Waals surface area contributed by atoms with Crippen LogP contribution in [-0.4, -0.2) is 19.6 Å². The SMILES string of the molecule is CCCCC1CC[NH+](CCC)C1.[F-]. The summed E-state index contributed by atoms with van der Waals surface area (Å²) in [5.41, 5.74) is 0. The summed E-state index contributed by atoms with van der Waals surface area (Å²) < 4.78 is 0. The second-order valence-electron chi connectivity index (χ2n) is 4.25. The molecule has 0 aromatic rings. The molecule has 1 aliphatic heterocycles. The molecule has 1 rings (SSSR count). The summed E-state index contributed by atoms with van der Waals surface area (Å²) in [6, 6.07) is 0. The molecule has 80 valence electrons. The van der Waals surface area contributed by atoms with E-state index in [2.05, 4.69) is 13.8 Å². The molecule has 0 radical (unpaired) electrons. The van der Waals surface area contributed by atoms with Gasteiger partial charge in [-0.3, -0.25) is 0 Å². The maximum absolute atomic E-state index is 2.30. The maximum atomic E-state index is 2.30. The van der Waals surface area contributed by atoms with Crippen molar-refractivity contribution in [3.8, 4) is 0 Å². The quantitative estimate of drug-likeness (QED) is 0.537. The lowest BCUT2D eigenvalue weighted by atomic mass is 10.0. The molecule has 1 aliphatic rings. The largest absolute Gasteiger partial charge is 1.00 e. The Morgan fingerprint density at radius 3 is 2.62 bits per heavy atom. The highest BCUT2D eigenvalue weighted by molar-refractivity contribution is 4.62. The predicted molar refractivity (Wildman–Crippen MR) is 53.5 cm³/mol. The molecule has 0 spiro atoms. The summed E-state index contributed by atoms with van der Waals surface area (Å²) in [6.07, 6.45) is 7.17. The highest BCUT2D eigenvalue weighted by Crippen LogP contribution is 2.12. The highest BCUT2D eigenvalue weighted by atomic mass is 19.0. The van der Waals surface area contributed by atoms with E-state index in [1.54, 1.807) is 0 Å². The standard InChI is InChI=1S/C11H23N.FH/c1-3-5-6-11-7-9-12(10-11)8-4-2;/h11H,3-10H2,1-2H3;1H. The number of nitrogens with one attached hydrogen (secondary N) is 1. The van der Waals surface area contributed by atoms with E-state index in [9.17, 15) is 0 Å². The van der Waals surface area contributed by atoms with Crippen LogP contribution in [0, 0.1) is 5.92 Å². The lowest BCUT2D eigenvalue weighted by Crippen LogP contribution is -3.10. The van der Waals surface area contributed by atoms with Crippen molar-refractivity contribution in [2.75, 3.05) is 19.6 Å². The van der Waals surface area contributed by atoms with Crippen molar-refractivity contribution in [3.05, 3.63) is 0 Å². The molecule has 0 aliphatic carbocycles. The fourth-order valence-electron chi connectivity index (χ4n) is 2.34. The van der Waals surface area contributed by atoms with E-state index in [0.717, 1.165) is 5.92 Å². The van der Waals surface area contributed by atoms with Gasteiger partial charge in [-0.1, -0.05) is 26.7 Å². The summed E-state index contributed by atoms with van der Waals surface area (Å²) in [5.74, 6) is 1.06. The molecular weight excluding hydrogens is 165 g/mol. The Morgan fingerprint density at radius 2 is 2.00 bits per heavy atom. The van der Waals surface area contributed by atoms with Crippen LogP contribution in [0.15, 0.2) is 0 Å². The molecule has 1 saturated heterocycles. The third-order valence-corrected chi connectivity index (χ3v) is 3.05. The minimum atomic E-state index is 0. The molecule has 13 heavy (non-hydrogen) atoms. The first-order chi connectivity index (χ1) is 5.86. The normalized spacial score (nSPS) is 27.2. The molecule has 0 bridgehead atoms. The van der Waals surface area contributed by atoms with Gasteiger partial charge in [0.2, 0.25) is 0 Å². The lowest BCUT2D eigenvalue weighted by Gasteiger charge is -2.11. The summed E-state index contributed by atoms with van der Waals surface area (Å²) in [4.78, 5) is 1.86. The average Bonchev–Trinajstić information content (AvgIpc) is 2.50. The number of halogens is 1. The number of quaternary nitrogens is 1. The van der Waals surface area contributed by atoms with Crippen molar-refractivity contribution in [1.82, 2.24) is 0 Å². The molecule has 1 fully saturated rings. The van der Waals surface area contributed by atoms with Gasteiger partial charge < -0.3 is 9.60 Å². The topological polar surface area (TPSA) is 4.44 Å². The van der Waals surface area contributed by atoms with Crippen LogP contribution in [0.1, 0.15) is 46.0 Å². The van der Waals surface area contributed by atoms with Crippen molar-refractivity contribution < 1.29 is 9.60 Å². The monoisotopic (exact) mass is 189 g/mol. The predicted octanol–water partition coefficient (Wildman–Crippen LogP) is -1.50. The van der Waals surface area contributed by atoms with Gasteiger partial charge in [-0.05, 0) is 12.8 Å². The molecule has 0 amide bonds. The Hall–Kier alpha value is -0.110. The van der Waals surface area contributed by atoms with E-state index in [0.29, 0.717) is 0 Å². The molecule has 2 atom stereocenters. The average molecular weight is 189 g/mol. The van der Waals surface area contributed by atoms with Crippen LogP contribution in [-0.2, 0) is 0 Å². The van der Waals surface area contributed by atoms with Crippen molar-refractivity contribution in [1.29, 1.82) is 0 Å². The Balaban J connectivity index is 0.00000144. The smallest absolute Gasteiger partial charge is 0.0801 e. The first-order valence-corrected chi connectivity index (χ1v) is 5.70. The minimum absolute atomic E-state index is 0. The van der Waals surface area contributed by atoms with E-state index in [4.69, 9.17) is 0 Å². The fourth-order valence-corrected chi connectivity index (χ4v) is 2.34. The van der Waals surface area contributed by atoms with Crippen LogP contribution in [0.25, 0.3) is 0 Å². The third kappa shape index (κ3) is 4.61. The number of hydrogen-bond acceptors (Lipinski definition) is 0. The summed E-state index contributed by atoms with van der Waals surface area (Å²) >= 11 is 0. The second kappa shape index (κ2) is 7.31. The van der Waals surface area contributed by atoms with Crippen LogP contribution < -0.4 is 9.60 Å². The lowest BCUT2D eigenvalue weighted by molar-refractivity contribution is -0.889. The zero-order valence-electron chi connectivity index (χ0n) is 9.11.